The topological polar surface area (TPSA) is 47.2 Å². The molecule has 3 aromatic rings. The van der Waals surface area contributed by atoms with E-state index in [-0.39, 0.29) is 0 Å². The Labute approximate surface area is 98.7 Å². The predicted octanol–water partition coefficient (Wildman–Crippen LogP) is 1.68. The molecule has 0 atom stereocenters. The van der Waals surface area contributed by atoms with Crippen LogP contribution < -0.4 is 5.32 Å². The van der Waals surface area contributed by atoms with Crippen molar-refractivity contribution in [2.24, 2.45) is 7.05 Å². The van der Waals surface area contributed by atoms with E-state index in [2.05, 4.69) is 15.4 Å². The second-order valence-corrected chi connectivity index (χ2v) is 3.94. The SMILES string of the molecule is Cn1cc(CNc2cccc3nccn23)cn1. The molecule has 3 heterocycles. The predicted molar refractivity (Wildman–Crippen MR) is 65.7 cm³/mol. The molecule has 0 fully saturated rings. The molecule has 0 aromatic carbocycles. The van der Waals surface area contributed by atoms with Crippen molar-refractivity contribution >= 4 is 11.5 Å². The van der Waals surface area contributed by atoms with Crippen molar-refractivity contribution in [3.63, 3.8) is 0 Å². The van der Waals surface area contributed by atoms with Crippen LogP contribution in [0.5, 0.6) is 0 Å². The lowest BCUT2D eigenvalue weighted by Gasteiger charge is -2.07. The highest BCUT2D eigenvalue weighted by atomic mass is 15.2. The molecule has 0 bridgehead atoms. The highest BCUT2D eigenvalue weighted by Crippen LogP contribution is 2.12. The molecule has 5 heteroatoms. The van der Waals surface area contributed by atoms with Crippen molar-refractivity contribution in [1.29, 1.82) is 0 Å². The Hall–Kier alpha value is -2.30. The lowest BCUT2D eigenvalue weighted by molar-refractivity contribution is 0.767. The normalized spacial score (nSPS) is 10.9. The highest BCUT2D eigenvalue weighted by molar-refractivity contribution is 5.49. The molecular formula is C12H13N5. The first kappa shape index (κ1) is 9.89. The van der Waals surface area contributed by atoms with E-state index in [1.807, 2.05) is 48.2 Å². The fraction of sp³-hybridized carbons (Fsp3) is 0.167. The molecule has 5 nitrogen and oxygen atoms in total. The fourth-order valence-corrected chi connectivity index (χ4v) is 1.85. The van der Waals surface area contributed by atoms with E-state index in [1.54, 1.807) is 10.9 Å². The van der Waals surface area contributed by atoms with Crippen molar-refractivity contribution in [2.45, 2.75) is 6.54 Å². The molecule has 0 saturated heterocycles. The smallest absolute Gasteiger partial charge is 0.138 e. The van der Waals surface area contributed by atoms with E-state index < -0.39 is 0 Å². The quantitative estimate of drug-likeness (QED) is 0.740. The number of nitrogens with one attached hydrogen (secondary N) is 1. The van der Waals surface area contributed by atoms with E-state index in [0.29, 0.717) is 0 Å². The zero-order valence-corrected chi connectivity index (χ0v) is 9.54. The van der Waals surface area contributed by atoms with E-state index in [0.717, 1.165) is 23.6 Å². The Kier molecular flexibility index (Phi) is 2.29. The lowest BCUT2D eigenvalue weighted by Crippen LogP contribution is -2.02. The van der Waals surface area contributed by atoms with Crippen LogP contribution >= 0.6 is 0 Å². The maximum absolute atomic E-state index is 4.24. The molecule has 0 spiro atoms. The molecular weight excluding hydrogens is 214 g/mol. The average Bonchev–Trinajstić information content (AvgIpc) is 2.94. The summed E-state index contributed by atoms with van der Waals surface area (Å²) in [7, 11) is 1.92. The highest BCUT2D eigenvalue weighted by Gasteiger charge is 2.00. The number of pyridine rings is 1. The van der Waals surface area contributed by atoms with Gasteiger partial charge in [0.05, 0.1) is 6.20 Å². The molecule has 0 aliphatic rings. The molecule has 0 aliphatic carbocycles. The number of aryl methyl sites for hydroxylation is 1. The van der Waals surface area contributed by atoms with Gasteiger partial charge in [-0.2, -0.15) is 5.10 Å². The van der Waals surface area contributed by atoms with Crippen LogP contribution in [-0.2, 0) is 13.6 Å². The molecule has 0 aliphatic heterocycles. The number of rotatable bonds is 3. The minimum Gasteiger partial charge on any atom is -0.367 e. The maximum atomic E-state index is 4.24. The van der Waals surface area contributed by atoms with E-state index in [1.165, 1.54) is 0 Å². The van der Waals surface area contributed by atoms with Crippen molar-refractivity contribution in [3.05, 3.63) is 48.5 Å². The Bertz CT molecular complexity index is 637. The van der Waals surface area contributed by atoms with Crippen molar-refractivity contribution in [3.8, 4) is 0 Å². The van der Waals surface area contributed by atoms with Gasteiger partial charge in [-0.3, -0.25) is 9.08 Å². The number of nitrogens with zero attached hydrogens (tertiary/aromatic N) is 4. The molecule has 3 rings (SSSR count). The fourth-order valence-electron chi connectivity index (χ4n) is 1.85. The van der Waals surface area contributed by atoms with Crippen molar-refractivity contribution in [2.75, 3.05) is 5.32 Å². The van der Waals surface area contributed by atoms with Gasteiger partial charge in [0.2, 0.25) is 0 Å². The number of fused-ring (bicyclic) bond motifs is 1. The van der Waals surface area contributed by atoms with Gasteiger partial charge < -0.3 is 5.32 Å². The third-order valence-electron chi connectivity index (χ3n) is 2.66. The zero-order valence-electron chi connectivity index (χ0n) is 9.54. The Morgan fingerprint density at radius 1 is 1.35 bits per heavy atom. The van der Waals surface area contributed by atoms with E-state index in [4.69, 9.17) is 0 Å². The van der Waals surface area contributed by atoms with Crippen LogP contribution in [0.3, 0.4) is 0 Å². The van der Waals surface area contributed by atoms with Gasteiger partial charge in [-0.25, -0.2) is 4.98 Å². The summed E-state index contributed by atoms with van der Waals surface area (Å²) >= 11 is 0. The minimum atomic E-state index is 0.755. The molecule has 17 heavy (non-hydrogen) atoms. The average molecular weight is 227 g/mol. The van der Waals surface area contributed by atoms with E-state index >= 15 is 0 Å². The molecule has 0 saturated carbocycles. The summed E-state index contributed by atoms with van der Waals surface area (Å²) in [4.78, 5) is 4.24. The van der Waals surface area contributed by atoms with Crippen LogP contribution in [0.15, 0.2) is 43.0 Å². The number of aromatic nitrogens is 4. The van der Waals surface area contributed by atoms with Gasteiger partial charge in [0.15, 0.2) is 0 Å². The van der Waals surface area contributed by atoms with Crippen molar-refractivity contribution in [1.82, 2.24) is 19.2 Å². The monoisotopic (exact) mass is 227 g/mol. The van der Waals surface area contributed by atoms with Gasteiger partial charge in [0.1, 0.15) is 11.5 Å². The summed E-state index contributed by atoms with van der Waals surface area (Å²) in [6, 6.07) is 6.01. The maximum Gasteiger partial charge on any atom is 0.138 e. The number of hydrogen-bond donors (Lipinski definition) is 1. The summed E-state index contributed by atoms with van der Waals surface area (Å²) in [5, 5.41) is 7.51. The van der Waals surface area contributed by atoms with Gasteiger partial charge in [0, 0.05) is 37.7 Å². The van der Waals surface area contributed by atoms with Gasteiger partial charge in [0.25, 0.3) is 0 Å². The van der Waals surface area contributed by atoms with E-state index in [9.17, 15) is 0 Å². The number of hydrogen-bond acceptors (Lipinski definition) is 3. The van der Waals surface area contributed by atoms with Crippen LogP contribution in [0.2, 0.25) is 0 Å². The zero-order chi connectivity index (χ0) is 11.7. The van der Waals surface area contributed by atoms with Crippen LogP contribution in [0.4, 0.5) is 5.82 Å². The second-order valence-electron chi connectivity index (χ2n) is 3.94. The summed E-state index contributed by atoms with van der Waals surface area (Å²) in [5.74, 6) is 1.03. The standard InChI is InChI=1S/C12H13N5/c1-16-9-10(8-15-16)7-14-12-4-2-3-11-13-5-6-17(11)12/h2-6,8-9,14H,7H2,1H3. The van der Waals surface area contributed by atoms with Crippen LogP contribution in [0.1, 0.15) is 5.56 Å². The third kappa shape index (κ3) is 1.87. The first-order valence-corrected chi connectivity index (χ1v) is 5.46. The summed E-state index contributed by atoms with van der Waals surface area (Å²) in [5.41, 5.74) is 2.10. The van der Waals surface area contributed by atoms with Crippen LogP contribution in [0.25, 0.3) is 5.65 Å². The lowest BCUT2D eigenvalue weighted by atomic mass is 10.3. The molecule has 0 unspecified atom stereocenters. The Balaban J connectivity index is 1.83. The molecule has 1 N–H and O–H groups in total. The number of imidazole rings is 1. The van der Waals surface area contributed by atoms with Crippen LogP contribution in [0, 0.1) is 0 Å². The first-order chi connectivity index (χ1) is 8.33. The van der Waals surface area contributed by atoms with Gasteiger partial charge in [-0.15, -0.1) is 0 Å². The van der Waals surface area contributed by atoms with Crippen molar-refractivity contribution < 1.29 is 0 Å². The number of anilines is 1. The summed E-state index contributed by atoms with van der Waals surface area (Å²) < 4.78 is 3.82. The first-order valence-electron chi connectivity index (χ1n) is 5.46. The molecule has 0 amide bonds. The van der Waals surface area contributed by atoms with Gasteiger partial charge >= 0.3 is 0 Å². The Morgan fingerprint density at radius 2 is 2.29 bits per heavy atom. The second kappa shape index (κ2) is 3.93. The third-order valence-corrected chi connectivity index (χ3v) is 2.66. The molecule has 0 radical (unpaired) electrons. The van der Waals surface area contributed by atoms with Crippen LogP contribution in [-0.4, -0.2) is 19.2 Å². The minimum absolute atomic E-state index is 0.755. The largest absolute Gasteiger partial charge is 0.367 e. The molecule has 3 aromatic heterocycles. The van der Waals surface area contributed by atoms with Gasteiger partial charge in [-0.05, 0) is 12.1 Å². The summed E-state index contributed by atoms with van der Waals surface area (Å²) in [6.07, 6.45) is 7.60. The molecule has 86 valence electrons. The Morgan fingerprint density at radius 3 is 3.12 bits per heavy atom. The summed E-state index contributed by atoms with van der Waals surface area (Å²) in [6.45, 7) is 0.755. The van der Waals surface area contributed by atoms with Gasteiger partial charge in [-0.1, -0.05) is 6.07 Å².